The molecule has 1 aliphatic heterocycles. The van der Waals surface area contributed by atoms with Gasteiger partial charge in [0.1, 0.15) is 5.69 Å². The highest BCUT2D eigenvalue weighted by atomic mass is 16.7. The van der Waals surface area contributed by atoms with Crippen LogP contribution in [0.3, 0.4) is 0 Å². The summed E-state index contributed by atoms with van der Waals surface area (Å²) < 4.78 is 10.6. The molecule has 10 nitrogen and oxygen atoms in total. The fraction of sp³-hybridized carbons (Fsp3) is 0.167. The Morgan fingerprint density at radius 2 is 1.68 bits per heavy atom. The second-order valence-corrected chi connectivity index (χ2v) is 7.42. The van der Waals surface area contributed by atoms with E-state index < -0.39 is 4.92 Å². The van der Waals surface area contributed by atoms with Crippen LogP contribution in [0.2, 0.25) is 0 Å². The van der Waals surface area contributed by atoms with Crippen molar-refractivity contribution < 1.29 is 24.0 Å². The molecule has 0 fully saturated rings. The first kappa shape index (κ1) is 22.6. The van der Waals surface area contributed by atoms with Crippen molar-refractivity contribution in [1.29, 1.82) is 0 Å². The van der Waals surface area contributed by atoms with Crippen molar-refractivity contribution in [3.05, 3.63) is 88.0 Å². The van der Waals surface area contributed by atoms with E-state index in [-0.39, 0.29) is 43.8 Å². The van der Waals surface area contributed by atoms with Crippen LogP contribution in [0.1, 0.15) is 22.3 Å². The first-order valence-electron chi connectivity index (χ1n) is 10.5. The van der Waals surface area contributed by atoms with E-state index in [1.165, 1.54) is 6.07 Å². The van der Waals surface area contributed by atoms with Gasteiger partial charge >= 0.3 is 0 Å². The van der Waals surface area contributed by atoms with E-state index in [9.17, 15) is 19.7 Å². The largest absolute Gasteiger partial charge is 0.454 e. The molecule has 0 bridgehead atoms. The number of nitro groups is 1. The van der Waals surface area contributed by atoms with Crippen LogP contribution in [0.15, 0.2) is 66.7 Å². The van der Waals surface area contributed by atoms with Crippen LogP contribution in [0, 0.1) is 10.1 Å². The molecule has 2 amide bonds. The molecule has 10 heteroatoms. The summed E-state index contributed by atoms with van der Waals surface area (Å²) in [5.41, 5.74) is 1.82. The van der Waals surface area contributed by atoms with E-state index >= 15 is 0 Å². The zero-order valence-corrected chi connectivity index (χ0v) is 18.1. The van der Waals surface area contributed by atoms with E-state index in [0.29, 0.717) is 28.4 Å². The number of carbonyl (C=O) groups is 2. The summed E-state index contributed by atoms with van der Waals surface area (Å²) in [6, 6.07) is 18.3. The molecule has 0 atom stereocenters. The van der Waals surface area contributed by atoms with E-state index in [4.69, 9.17) is 9.47 Å². The van der Waals surface area contributed by atoms with Gasteiger partial charge in [0, 0.05) is 25.6 Å². The van der Waals surface area contributed by atoms with E-state index in [1.54, 1.807) is 54.6 Å². The van der Waals surface area contributed by atoms with Crippen molar-refractivity contribution in [2.24, 2.45) is 0 Å². The number of nitrogens with one attached hydrogen (secondary N) is 3. The molecule has 34 heavy (non-hydrogen) atoms. The Labute approximate surface area is 195 Å². The van der Waals surface area contributed by atoms with Gasteiger partial charge in [0.15, 0.2) is 11.5 Å². The van der Waals surface area contributed by atoms with Gasteiger partial charge in [0.05, 0.1) is 16.2 Å². The second-order valence-electron chi connectivity index (χ2n) is 7.42. The van der Waals surface area contributed by atoms with Gasteiger partial charge in [-0.05, 0) is 35.9 Å². The Morgan fingerprint density at radius 1 is 0.941 bits per heavy atom. The van der Waals surface area contributed by atoms with E-state index in [2.05, 4.69) is 16.0 Å². The Morgan fingerprint density at radius 3 is 2.50 bits per heavy atom. The molecule has 3 N–H and O–H groups in total. The number of benzene rings is 3. The van der Waals surface area contributed by atoms with Crippen molar-refractivity contribution in [3.8, 4) is 11.5 Å². The SMILES string of the molecule is O=C(CCNc1ccccc1[N+](=O)[O-])Nc1ccccc1C(=O)NCc1ccc2c(c1)OCO2. The minimum absolute atomic E-state index is 0.0548. The average Bonchev–Trinajstić information content (AvgIpc) is 3.31. The summed E-state index contributed by atoms with van der Waals surface area (Å²) in [6.45, 7) is 0.642. The molecule has 174 valence electrons. The molecule has 0 spiro atoms. The number of para-hydroxylation sites is 3. The van der Waals surface area contributed by atoms with Crippen LogP contribution in [-0.4, -0.2) is 30.1 Å². The maximum absolute atomic E-state index is 12.8. The van der Waals surface area contributed by atoms with Gasteiger partial charge < -0.3 is 25.4 Å². The van der Waals surface area contributed by atoms with Gasteiger partial charge in [-0.3, -0.25) is 19.7 Å². The van der Waals surface area contributed by atoms with Crippen LogP contribution in [0.5, 0.6) is 11.5 Å². The number of hydrogen-bond donors (Lipinski definition) is 3. The second kappa shape index (κ2) is 10.3. The summed E-state index contributed by atoms with van der Waals surface area (Å²) in [4.78, 5) is 35.8. The van der Waals surface area contributed by atoms with E-state index in [1.807, 2.05) is 6.07 Å². The molecule has 0 radical (unpaired) electrons. The monoisotopic (exact) mass is 462 g/mol. The maximum Gasteiger partial charge on any atom is 0.292 e. The lowest BCUT2D eigenvalue weighted by Crippen LogP contribution is -2.25. The maximum atomic E-state index is 12.8. The van der Waals surface area contributed by atoms with Gasteiger partial charge in [0.25, 0.3) is 11.6 Å². The predicted octanol–water partition coefficient (Wildman–Crippen LogP) is 3.69. The van der Waals surface area contributed by atoms with Gasteiger partial charge in [0.2, 0.25) is 12.7 Å². The fourth-order valence-electron chi connectivity index (χ4n) is 3.42. The zero-order chi connectivity index (χ0) is 23.9. The molecule has 0 saturated carbocycles. The average molecular weight is 462 g/mol. The van der Waals surface area contributed by atoms with Crippen LogP contribution in [0.25, 0.3) is 0 Å². The molecule has 0 unspecified atom stereocenters. The number of hydrogen-bond acceptors (Lipinski definition) is 7. The number of nitro benzene ring substituents is 1. The van der Waals surface area contributed by atoms with Gasteiger partial charge in [-0.2, -0.15) is 0 Å². The molecule has 1 heterocycles. The zero-order valence-electron chi connectivity index (χ0n) is 18.1. The standard InChI is InChI=1S/C24H22N4O6/c29-23(11-12-25-19-7-3-4-8-20(19)28(31)32)27-18-6-2-1-5-17(18)24(30)26-14-16-9-10-21-22(13-16)34-15-33-21/h1-10,13,25H,11-12,14-15H2,(H,26,30)(H,27,29). The Balaban J connectivity index is 1.32. The number of nitrogens with zero attached hydrogens (tertiary/aromatic N) is 1. The number of anilines is 2. The third kappa shape index (κ3) is 5.41. The topological polar surface area (TPSA) is 132 Å². The van der Waals surface area contributed by atoms with E-state index in [0.717, 1.165) is 5.56 Å². The first-order chi connectivity index (χ1) is 16.5. The summed E-state index contributed by atoms with van der Waals surface area (Å²) in [7, 11) is 0. The highest BCUT2D eigenvalue weighted by Crippen LogP contribution is 2.32. The predicted molar refractivity (Wildman–Crippen MR) is 125 cm³/mol. The summed E-state index contributed by atoms with van der Waals surface area (Å²) >= 11 is 0. The van der Waals surface area contributed by atoms with Crippen LogP contribution >= 0.6 is 0 Å². The highest BCUT2D eigenvalue weighted by molar-refractivity contribution is 6.03. The van der Waals surface area contributed by atoms with Crippen molar-refractivity contribution >= 4 is 28.9 Å². The summed E-state index contributed by atoms with van der Waals surface area (Å²) in [6.07, 6.45) is 0.0548. The minimum atomic E-state index is -0.485. The summed E-state index contributed by atoms with van der Waals surface area (Å²) in [5.74, 6) is 0.627. The number of carbonyl (C=O) groups excluding carboxylic acids is 2. The number of ether oxygens (including phenoxy) is 2. The quantitative estimate of drug-likeness (QED) is 0.326. The fourth-order valence-corrected chi connectivity index (χ4v) is 3.42. The normalized spacial score (nSPS) is 11.5. The lowest BCUT2D eigenvalue weighted by atomic mass is 10.1. The third-order valence-corrected chi connectivity index (χ3v) is 5.10. The molecule has 3 aromatic carbocycles. The van der Waals surface area contributed by atoms with Crippen molar-refractivity contribution in [2.45, 2.75) is 13.0 Å². The van der Waals surface area contributed by atoms with Gasteiger partial charge in [-0.1, -0.05) is 30.3 Å². The molecular formula is C24H22N4O6. The Hall–Kier alpha value is -4.60. The molecule has 0 aromatic heterocycles. The molecule has 4 rings (SSSR count). The lowest BCUT2D eigenvalue weighted by molar-refractivity contribution is -0.384. The van der Waals surface area contributed by atoms with Crippen LogP contribution in [-0.2, 0) is 11.3 Å². The van der Waals surface area contributed by atoms with Crippen LogP contribution in [0.4, 0.5) is 17.1 Å². The van der Waals surface area contributed by atoms with Crippen molar-refractivity contribution in [2.75, 3.05) is 24.0 Å². The molecule has 1 aliphatic rings. The molecule has 0 aliphatic carbocycles. The first-order valence-corrected chi connectivity index (χ1v) is 10.5. The number of rotatable bonds is 9. The molecule has 3 aromatic rings. The highest BCUT2D eigenvalue weighted by Gasteiger charge is 2.16. The number of amides is 2. The number of fused-ring (bicyclic) bond motifs is 1. The molecule has 0 saturated heterocycles. The molecular weight excluding hydrogens is 440 g/mol. The van der Waals surface area contributed by atoms with Crippen molar-refractivity contribution in [3.63, 3.8) is 0 Å². The van der Waals surface area contributed by atoms with Crippen LogP contribution < -0.4 is 25.4 Å². The van der Waals surface area contributed by atoms with Crippen molar-refractivity contribution in [1.82, 2.24) is 5.32 Å². The Kier molecular flexibility index (Phi) is 6.87. The van der Waals surface area contributed by atoms with Gasteiger partial charge in [-0.25, -0.2) is 0 Å². The Bertz CT molecular complexity index is 1230. The smallest absolute Gasteiger partial charge is 0.292 e. The van der Waals surface area contributed by atoms with Gasteiger partial charge in [-0.15, -0.1) is 0 Å². The lowest BCUT2D eigenvalue weighted by Gasteiger charge is -2.12. The minimum Gasteiger partial charge on any atom is -0.454 e. The summed E-state index contributed by atoms with van der Waals surface area (Å²) in [5, 5.41) is 19.6. The third-order valence-electron chi connectivity index (χ3n) is 5.10.